The molecule has 124 valence electrons. The maximum Gasteiger partial charge on any atom is 0.261 e. The van der Waals surface area contributed by atoms with E-state index in [9.17, 15) is 4.79 Å². The van der Waals surface area contributed by atoms with Crippen molar-refractivity contribution < 1.29 is 9.53 Å². The van der Waals surface area contributed by atoms with Gasteiger partial charge in [0.05, 0.1) is 17.6 Å². The number of thiophene rings is 1. The number of carbonyl (C=O) groups excluding carboxylic acids is 1. The Balaban J connectivity index is 1.82. The van der Waals surface area contributed by atoms with Crippen LogP contribution in [0, 0.1) is 12.8 Å². The summed E-state index contributed by atoms with van der Waals surface area (Å²) in [6.45, 7) is 13.0. The Bertz CT molecular complexity index is 499. The standard InChI is InChI=1S/C17H28N2O2S/c1-5-15-13(4)8-16(22-15)17(20)18-9-14-11-19(6-7-21-14)10-12(2)3/h8,12,14H,5-7,9-11H2,1-4H3,(H,18,20). The predicted octanol–water partition coefficient (Wildman–Crippen LogP) is 2.71. The van der Waals surface area contributed by atoms with Gasteiger partial charge in [0.25, 0.3) is 5.91 Å². The van der Waals surface area contributed by atoms with Crippen molar-refractivity contribution in [2.75, 3.05) is 32.8 Å². The topological polar surface area (TPSA) is 41.6 Å². The minimum Gasteiger partial charge on any atom is -0.374 e. The molecule has 1 saturated heterocycles. The van der Waals surface area contributed by atoms with Crippen LogP contribution in [0.15, 0.2) is 6.07 Å². The molecule has 2 heterocycles. The highest BCUT2D eigenvalue weighted by Gasteiger charge is 2.22. The number of nitrogens with one attached hydrogen (secondary N) is 1. The number of morpholine rings is 1. The lowest BCUT2D eigenvalue weighted by Gasteiger charge is -2.33. The zero-order valence-electron chi connectivity index (χ0n) is 14.1. The summed E-state index contributed by atoms with van der Waals surface area (Å²) in [6.07, 6.45) is 1.09. The summed E-state index contributed by atoms with van der Waals surface area (Å²) in [5.41, 5.74) is 1.22. The molecule has 0 saturated carbocycles. The predicted molar refractivity (Wildman–Crippen MR) is 91.8 cm³/mol. The summed E-state index contributed by atoms with van der Waals surface area (Å²) >= 11 is 1.60. The van der Waals surface area contributed by atoms with E-state index in [2.05, 4.69) is 37.9 Å². The third-order valence-corrected chi connectivity index (χ3v) is 5.28. The summed E-state index contributed by atoms with van der Waals surface area (Å²) < 4.78 is 5.77. The molecule has 1 aromatic heterocycles. The van der Waals surface area contributed by atoms with E-state index >= 15 is 0 Å². The molecule has 1 amide bonds. The zero-order chi connectivity index (χ0) is 16.1. The molecule has 1 N–H and O–H groups in total. The molecular weight excluding hydrogens is 296 g/mol. The van der Waals surface area contributed by atoms with Crippen molar-refractivity contribution in [2.45, 2.75) is 40.2 Å². The molecule has 2 rings (SSSR count). The Labute approximate surface area is 137 Å². The Morgan fingerprint density at radius 1 is 1.55 bits per heavy atom. The van der Waals surface area contributed by atoms with Gasteiger partial charge in [-0.25, -0.2) is 0 Å². The normalized spacial score (nSPS) is 19.6. The van der Waals surface area contributed by atoms with Crippen LogP contribution in [0.5, 0.6) is 0 Å². The Hall–Kier alpha value is -0.910. The van der Waals surface area contributed by atoms with Crippen LogP contribution in [0.1, 0.15) is 40.9 Å². The Morgan fingerprint density at radius 3 is 2.95 bits per heavy atom. The van der Waals surface area contributed by atoms with Crippen molar-refractivity contribution in [3.63, 3.8) is 0 Å². The molecule has 0 spiro atoms. The molecule has 1 aliphatic heterocycles. The van der Waals surface area contributed by atoms with Gasteiger partial charge >= 0.3 is 0 Å². The van der Waals surface area contributed by atoms with E-state index in [1.165, 1.54) is 10.4 Å². The average Bonchev–Trinajstić information content (AvgIpc) is 2.85. The van der Waals surface area contributed by atoms with Crippen molar-refractivity contribution in [3.05, 3.63) is 21.4 Å². The van der Waals surface area contributed by atoms with Crippen LogP contribution in [0.4, 0.5) is 0 Å². The summed E-state index contributed by atoms with van der Waals surface area (Å²) in [6, 6.07) is 1.99. The first kappa shape index (κ1) is 17.4. The van der Waals surface area contributed by atoms with Crippen molar-refractivity contribution in [3.8, 4) is 0 Å². The van der Waals surface area contributed by atoms with Gasteiger partial charge in [-0.15, -0.1) is 11.3 Å². The molecule has 1 aromatic rings. The highest BCUT2D eigenvalue weighted by atomic mass is 32.1. The highest BCUT2D eigenvalue weighted by Crippen LogP contribution is 2.22. The van der Waals surface area contributed by atoms with Gasteiger partial charge in [-0.3, -0.25) is 9.69 Å². The van der Waals surface area contributed by atoms with Crippen LogP contribution in [-0.4, -0.2) is 49.7 Å². The van der Waals surface area contributed by atoms with Crippen LogP contribution in [-0.2, 0) is 11.2 Å². The first-order chi connectivity index (χ1) is 10.5. The first-order valence-corrected chi connectivity index (χ1v) is 9.02. The fourth-order valence-electron chi connectivity index (χ4n) is 2.86. The fraction of sp³-hybridized carbons (Fsp3) is 0.706. The molecule has 0 aromatic carbocycles. The molecule has 0 radical (unpaired) electrons. The third kappa shape index (κ3) is 4.80. The van der Waals surface area contributed by atoms with Crippen molar-refractivity contribution in [1.82, 2.24) is 10.2 Å². The number of aryl methyl sites for hydroxylation is 2. The Kier molecular flexibility index (Phi) is 6.41. The van der Waals surface area contributed by atoms with Gasteiger partial charge in [0.15, 0.2) is 0 Å². The van der Waals surface area contributed by atoms with Gasteiger partial charge in [0.1, 0.15) is 0 Å². The zero-order valence-corrected chi connectivity index (χ0v) is 15.0. The second-order valence-electron chi connectivity index (χ2n) is 6.43. The van der Waals surface area contributed by atoms with Crippen LogP contribution in [0.3, 0.4) is 0 Å². The molecule has 1 atom stereocenters. The fourth-order valence-corrected chi connectivity index (χ4v) is 3.89. The second kappa shape index (κ2) is 8.09. The number of amides is 1. The summed E-state index contributed by atoms with van der Waals surface area (Å²) in [4.78, 5) is 16.8. The first-order valence-electron chi connectivity index (χ1n) is 8.21. The van der Waals surface area contributed by atoms with E-state index in [1.54, 1.807) is 11.3 Å². The van der Waals surface area contributed by atoms with Crippen LogP contribution in [0.2, 0.25) is 0 Å². The Morgan fingerprint density at radius 2 is 2.32 bits per heavy atom. The van der Waals surface area contributed by atoms with E-state index < -0.39 is 0 Å². The smallest absolute Gasteiger partial charge is 0.261 e. The second-order valence-corrected chi connectivity index (χ2v) is 7.56. The number of ether oxygens (including phenoxy) is 1. The molecule has 0 bridgehead atoms. The van der Waals surface area contributed by atoms with Gasteiger partial charge in [0, 0.05) is 31.1 Å². The van der Waals surface area contributed by atoms with Crippen molar-refractivity contribution >= 4 is 17.2 Å². The molecular formula is C17H28N2O2S. The van der Waals surface area contributed by atoms with Gasteiger partial charge < -0.3 is 10.1 Å². The lowest BCUT2D eigenvalue weighted by atomic mass is 10.2. The quantitative estimate of drug-likeness (QED) is 0.875. The lowest BCUT2D eigenvalue weighted by Crippen LogP contribution is -2.48. The van der Waals surface area contributed by atoms with E-state index in [0.717, 1.165) is 37.5 Å². The van der Waals surface area contributed by atoms with E-state index in [-0.39, 0.29) is 12.0 Å². The molecule has 0 aliphatic carbocycles. The molecule has 22 heavy (non-hydrogen) atoms. The van der Waals surface area contributed by atoms with Crippen LogP contribution in [0.25, 0.3) is 0 Å². The van der Waals surface area contributed by atoms with E-state index in [1.807, 2.05) is 6.07 Å². The number of rotatable bonds is 6. The van der Waals surface area contributed by atoms with Gasteiger partial charge in [-0.2, -0.15) is 0 Å². The number of hydrogen-bond donors (Lipinski definition) is 1. The van der Waals surface area contributed by atoms with Gasteiger partial charge in [-0.05, 0) is 30.9 Å². The number of nitrogens with zero attached hydrogens (tertiary/aromatic N) is 1. The minimum absolute atomic E-state index is 0.0254. The number of carbonyl (C=O) groups is 1. The van der Waals surface area contributed by atoms with E-state index in [4.69, 9.17) is 4.74 Å². The maximum atomic E-state index is 12.3. The SMILES string of the molecule is CCc1sc(C(=O)NCC2CN(CC(C)C)CCO2)cc1C. The van der Waals surface area contributed by atoms with Crippen molar-refractivity contribution in [1.29, 1.82) is 0 Å². The van der Waals surface area contributed by atoms with Crippen LogP contribution < -0.4 is 5.32 Å². The monoisotopic (exact) mass is 324 g/mol. The minimum atomic E-state index is 0.0254. The van der Waals surface area contributed by atoms with Crippen molar-refractivity contribution in [2.24, 2.45) is 5.92 Å². The third-order valence-electron chi connectivity index (χ3n) is 3.90. The molecule has 4 nitrogen and oxygen atoms in total. The largest absolute Gasteiger partial charge is 0.374 e. The average molecular weight is 324 g/mol. The molecule has 1 fully saturated rings. The molecule has 1 unspecified atom stereocenters. The summed E-state index contributed by atoms with van der Waals surface area (Å²) in [5.74, 6) is 0.687. The van der Waals surface area contributed by atoms with Crippen LogP contribution >= 0.6 is 11.3 Å². The highest BCUT2D eigenvalue weighted by molar-refractivity contribution is 7.14. The summed E-state index contributed by atoms with van der Waals surface area (Å²) in [5, 5.41) is 3.03. The van der Waals surface area contributed by atoms with Gasteiger partial charge in [-0.1, -0.05) is 20.8 Å². The summed E-state index contributed by atoms with van der Waals surface area (Å²) in [7, 11) is 0. The number of hydrogen-bond acceptors (Lipinski definition) is 4. The van der Waals surface area contributed by atoms with Gasteiger partial charge in [0.2, 0.25) is 0 Å². The molecule has 5 heteroatoms. The molecule has 1 aliphatic rings. The lowest BCUT2D eigenvalue weighted by molar-refractivity contribution is -0.0295. The maximum absolute atomic E-state index is 12.3. The van der Waals surface area contributed by atoms with E-state index in [0.29, 0.717) is 12.5 Å².